The lowest BCUT2D eigenvalue weighted by molar-refractivity contribution is -0.142. The van der Waals surface area contributed by atoms with Crippen molar-refractivity contribution in [2.75, 3.05) is 27.3 Å². The number of rotatable bonds is 14. The third kappa shape index (κ3) is 10.9. The third-order valence-electron chi connectivity index (χ3n) is 7.41. The molecule has 0 fully saturated rings. The van der Waals surface area contributed by atoms with Crippen LogP contribution in [0.25, 0.3) is 0 Å². The molecule has 4 aromatic rings. The first-order valence-electron chi connectivity index (χ1n) is 15.3. The fraction of sp³-hybridized carbons (Fsp3) is 0.211. The Morgan fingerprint density at radius 1 is 0.500 bits per heavy atom. The van der Waals surface area contributed by atoms with E-state index in [1.807, 2.05) is 121 Å². The van der Waals surface area contributed by atoms with Gasteiger partial charge in [-0.05, 0) is 22.3 Å². The number of likely N-dealkylation sites (N-methyl/N-ethyl adjacent to an activating group) is 2. The Hall–Kier alpha value is -5.90. The summed E-state index contributed by atoms with van der Waals surface area (Å²) >= 11 is 0. The van der Waals surface area contributed by atoms with Gasteiger partial charge in [0.05, 0.1) is 12.1 Å². The Kier molecular flexibility index (Phi) is 13.3. The predicted molar refractivity (Wildman–Crippen MR) is 178 cm³/mol. The van der Waals surface area contributed by atoms with Gasteiger partial charge in [0.15, 0.2) is 0 Å². The van der Waals surface area contributed by atoms with Crippen LogP contribution in [0.15, 0.2) is 133 Å². The highest BCUT2D eigenvalue weighted by Gasteiger charge is 2.26. The zero-order valence-electron chi connectivity index (χ0n) is 26.8. The number of hydrogen-bond acceptors (Lipinski definition) is 8. The minimum atomic E-state index is -0.805. The summed E-state index contributed by atoms with van der Waals surface area (Å²) < 4.78 is 21.8. The molecule has 4 aromatic carbocycles. The average Bonchev–Trinajstić information content (AvgIpc) is 3.13. The second-order valence-corrected chi connectivity index (χ2v) is 10.7. The average molecular weight is 651 g/mol. The fourth-order valence-electron chi connectivity index (χ4n) is 4.66. The molecule has 0 aliphatic carbocycles. The minimum Gasteiger partial charge on any atom is -0.460 e. The normalized spacial score (nSPS) is 12.0. The van der Waals surface area contributed by atoms with E-state index in [4.69, 9.17) is 18.9 Å². The molecule has 0 bridgehead atoms. The second kappa shape index (κ2) is 18.3. The number of amides is 2. The number of carbonyl (C=O) groups is 4. The zero-order chi connectivity index (χ0) is 34.1. The summed E-state index contributed by atoms with van der Waals surface area (Å²) in [5.74, 6) is -1.61. The molecule has 0 N–H and O–H groups in total. The molecule has 0 saturated carbocycles. The van der Waals surface area contributed by atoms with Crippen LogP contribution in [-0.2, 0) is 41.8 Å². The summed E-state index contributed by atoms with van der Waals surface area (Å²) in [7, 11) is 3.12. The van der Waals surface area contributed by atoms with E-state index in [9.17, 15) is 19.2 Å². The highest BCUT2D eigenvalue weighted by molar-refractivity contribution is 5.91. The van der Waals surface area contributed by atoms with Gasteiger partial charge in [-0.3, -0.25) is 0 Å². The number of nitrogens with zero attached hydrogens (tertiary/aromatic N) is 2. The Morgan fingerprint density at radius 3 is 1.15 bits per heavy atom. The molecule has 0 spiro atoms. The van der Waals surface area contributed by atoms with E-state index >= 15 is 0 Å². The van der Waals surface area contributed by atoms with Gasteiger partial charge in [-0.15, -0.1) is 0 Å². The number of benzene rings is 4. The van der Waals surface area contributed by atoms with Crippen LogP contribution in [0.1, 0.15) is 34.3 Å². The molecule has 2 atom stereocenters. The number of ether oxygens (including phenoxy) is 4. The smallest absolute Gasteiger partial charge is 0.410 e. The molecular formula is C38H38N2O8. The molecule has 0 aliphatic rings. The van der Waals surface area contributed by atoms with Gasteiger partial charge < -0.3 is 28.7 Å². The predicted octanol–water partition coefficient (Wildman–Crippen LogP) is 6.65. The van der Waals surface area contributed by atoms with Gasteiger partial charge in [-0.2, -0.15) is 0 Å². The van der Waals surface area contributed by atoms with Crippen molar-refractivity contribution in [2.24, 2.45) is 0 Å². The van der Waals surface area contributed by atoms with Crippen LogP contribution in [-0.4, -0.2) is 61.2 Å². The highest BCUT2D eigenvalue weighted by Crippen LogP contribution is 2.23. The molecule has 0 saturated heterocycles. The van der Waals surface area contributed by atoms with Crippen molar-refractivity contribution in [3.63, 3.8) is 0 Å². The van der Waals surface area contributed by atoms with Crippen LogP contribution in [0, 0.1) is 0 Å². The topological polar surface area (TPSA) is 112 Å². The lowest BCUT2D eigenvalue weighted by Gasteiger charge is -2.27. The monoisotopic (exact) mass is 650 g/mol. The standard InChI is InChI=1S/C38H38N2O8/c1-39(37(43)47-25-29-15-7-3-8-16-29)33(31-19-11-5-12-20-31)27-45-35(41)23-24-36(42)46-28-34(32-21-13-6-14-22-32)40(2)38(44)48-26-30-17-9-4-10-18-30/h3-24,33-34H,25-28H2,1-2H3/b24-23+/t33-,34-/m1/s1. The van der Waals surface area contributed by atoms with E-state index in [2.05, 4.69) is 0 Å². The Balaban J connectivity index is 1.31. The Labute approximate surface area is 280 Å². The van der Waals surface area contributed by atoms with E-state index in [-0.39, 0.29) is 26.4 Å². The first kappa shape index (κ1) is 35.0. The molecule has 48 heavy (non-hydrogen) atoms. The lowest BCUT2D eigenvalue weighted by Crippen LogP contribution is -2.35. The highest BCUT2D eigenvalue weighted by atomic mass is 16.6. The van der Waals surface area contributed by atoms with Crippen molar-refractivity contribution in [3.8, 4) is 0 Å². The minimum absolute atomic E-state index is 0.0892. The maximum absolute atomic E-state index is 12.9. The number of hydrogen-bond donors (Lipinski definition) is 0. The van der Waals surface area contributed by atoms with Crippen molar-refractivity contribution < 1.29 is 38.1 Å². The van der Waals surface area contributed by atoms with Crippen LogP contribution < -0.4 is 0 Å². The molecule has 0 heterocycles. The van der Waals surface area contributed by atoms with Gasteiger partial charge in [0, 0.05) is 26.2 Å². The van der Waals surface area contributed by atoms with Crippen molar-refractivity contribution in [3.05, 3.63) is 156 Å². The van der Waals surface area contributed by atoms with Crippen molar-refractivity contribution in [1.82, 2.24) is 9.80 Å². The molecule has 248 valence electrons. The van der Waals surface area contributed by atoms with Gasteiger partial charge in [-0.25, -0.2) is 19.2 Å². The largest absolute Gasteiger partial charge is 0.460 e. The first-order valence-corrected chi connectivity index (χ1v) is 15.3. The van der Waals surface area contributed by atoms with Crippen LogP contribution in [0.4, 0.5) is 9.59 Å². The van der Waals surface area contributed by atoms with Gasteiger partial charge in [-0.1, -0.05) is 121 Å². The Bertz CT molecular complexity index is 1510. The molecule has 10 heteroatoms. The van der Waals surface area contributed by atoms with E-state index in [0.717, 1.165) is 34.4 Å². The third-order valence-corrected chi connectivity index (χ3v) is 7.41. The zero-order valence-corrected chi connectivity index (χ0v) is 26.8. The quantitative estimate of drug-likeness (QED) is 0.0848. The number of carbonyl (C=O) groups excluding carboxylic acids is 4. The molecule has 0 aliphatic heterocycles. The summed E-state index contributed by atoms with van der Waals surface area (Å²) in [5, 5.41) is 0. The molecule has 4 rings (SSSR count). The van der Waals surface area contributed by atoms with E-state index in [1.165, 1.54) is 9.80 Å². The van der Waals surface area contributed by atoms with E-state index < -0.39 is 36.2 Å². The SMILES string of the molecule is CN(C(=O)OCc1ccccc1)[C@H](COC(=O)/C=C/C(=O)OC[C@H](c1ccccc1)N(C)C(=O)OCc1ccccc1)c1ccccc1. The second-order valence-electron chi connectivity index (χ2n) is 10.7. The number of esters is 2. The van der Waals surface area contributed by atoms with Crippen molar-refractivity contribution in [1.29, 1.82) is 0 Å². The summed E-state index contributed by atoms with van der Waals surface area (Å²) in [6.07, 6.45) is 0.718. The molecule has 0 unspecified atom stereocenters. The van der Waals surface area contributed by atoms with Crippen molar-refractivity contribution >= 4 is 24.1 Å². The van der Waals surface area contributed by atoms with Gasteiger partial charge in [0.25, 0.3) is 0 Å². The summed E-state index contributed by atoms with van der Waals surface area (Å²) in [5.41, 5.74) is 3.13. The Morgan fingerprint density at radius 2 is 0.812 bits per heavy atom. The van der Waals surface area contributed by atoms with E-state index in [1.54, 1.807) is 14.1 Å². The first-order chi connectivity index (χ1) is 23.3. The van der Waals surface area contributed by atoms with Crippen LogP contribution in [0.5, 0.6) is 0 Å². The van der Waals surface area contributed by atoms with Gasteiger partial charge >= 0.3 is 24.1 Å². The van der Waals surface area contributed by atoms with Crippen LogP contribution in [0.2, 0.25) is 0 Å². The van der Waals surface area contributed by atoms with Crippen LogP contribution >= 0.6 is 0 Å². The van der Waals surface area contributed by atoms with Gasteiger partial charge in [0.1, 0.15) is 26.4 Å². The maximum atomic E-state index is 12.9. The molecule has 0 radical (unpaired) electrons. The summed E-state index contributed by atoms with van der Waals surface area (Å²) in [4.78, 5) is 53.7. The van der Waals surface area contributed by atoms with Gasteiger partial charge in [0.2, 0.25) is 0 Å². The van der Waals surface area contributed by atoms with Crippen molar-refractivity contribution in [2.45, 2.75) is 25.3 Å². The molecule has 0 aromatic heterocycles. The fourth-order valence-corrected chi connectivity index (χ4v) is 4.66. The maximum Gasteiger partial charge on any atom is 0.410 e. The van der Waals surface area contributed by atoms with E-state index in [0.29, 0.717) is 0 Å². The molecular weight excluding hydrogens is 612 g/mol. The summed E-state index contributed by atoms with van der Waals surface area (Å²) in [6.45, 7) is -0.200. The summed E-state index contributed by atoms with van der Waals surface area (Å²) in [6, 6.07) is 35.4. The molecule has 10 nitrogen and oxygen atoms in total. The van der Waals surface area contributed by atoms with Crippen LogP contribution in [0.3, 0.4) is 0 Å². The lowest BCUT2D eigenvalue weighted by atomic mass is 10.1. The molecule has 2 amide bonds.